The van der Waals surface area contributed by atoms with Crippen molar-refractivity contribution in [2.75, 3.05) is 7.11 Å². The summed E-state index contributed by atoms with van der Waals surface area (Å²) in [5, 5.41) is 0. The van der Waals surface area contributed by atoms with Crippen molar-refractivity contribution in [2.45, 2.75) is 25.6 Å². The van der Waals surface area contributed by atoms with Gasteiger partial charge < -0.3 is 4.74 Å². The van der Waals surface area contributed by atoms with Gasteiger partial charge in [0.2, 0.25) is 0 Å². The zero-order chi connectivity index (χ0) is 13.0. The summed E-state index contributed by atoms with van der Waals surface area (Å²) < 4.78 is 31.9. The van der Waals surface area contributed by atoms with Crippen molar-refractivity contribution < 1.29 is 13.5 Å². The molecule has 0 fully saturated rings. The van der Waals surface area contributed by atoms with Crippen LogP contribution < -0.4 is 0 Å². The van der Waals surface area contributed by atoms with E-state index in [0.29, 0.717) is 29.7 Å². The van der Waals surface area contributed by atoms with E-state index in [2.05, 4.69) is 6.58 Å². The maximum absolute atomic E-state index is 13.6. The van der Waals surface area contributed by atoms with E-state index in [0.717, 1.165) is 0 Å². The van der Waals surface area contributed by atoms with E-state index in [9.17, 15) is 8.78 Å². The van der Waals surface area contributed by atoms with Gasteiger partial charge in [-0.3, -0.25) is 0 Å². The minimum atomic E-state index is -0.362. The lowest BCUT2D eigenvalue weighted by Gasteiger charge is -2.13. The Kier molecular flexibility index (Phi) is 4.73. The zero-order valence-corrected chi connectivity index (χ0v) is 10.5. The molecule has 17 heavy (non-hydrogen) atoms. The lowest BCUT2D eigenvalue weighted by molar-refractivity contribution is 0.277. The summed E-state index contributed by atoms with van der Waals surface area (Å²) in [5.41, 5.74) is 0.740. The Bertz CT molecular complexity index is 418. The van der Waals surface area contributed by atoms with E-state index < -0.39 is 0 Å². The summed E-state index contributed by atoms with van der Waals surface area (Å²) in [6.07, 6.45) is 1.12. The van der Waals surface area contributed by atoms with Crippen LogP contribution in [0.2, 0.25) is 5.82 Å². The molecule has 4 heteroatoms. The van der Waals surface area contributed by atoms with Gasteiger partial charge in [-0.1, -0.05) is 12.4 Å². The normalized spacial score (nSPS) is 12.2. The van der Waals surface area contributed by atoms with Crippen LogP contribution >= 0.6 is 0 Å². The maximum atomic E-state index is 13.6. The highest BCUT2D eigenvalue weighted by Gasteiger charge is 2.12. The van der Waals surface area contributed by atoms with Crippen LogP contribution in [0, 0.1) is 18.6 Å². The fraction of sp³-hybridized carbons (Fsp3) is 0.385. The minimum absolute atomic E-state index is 0.166. The van der Waals surface area contributed by atoms with Crippen LogP contribution in [0.5, 0.6) is 0 Å². The van der Waals surface area contributed by atoms with Crippen molar-refractivity contribution in [1.82, 2.24) is 0 Å². The van der Waals surface area contributed by atoms with Crippen LogP contribution in [-0.2, 0) is 11.2 Å². The second-order valence-corrected chi connectivity index (χ2v) is 4.45. The molecule has 1 nitrogen and oxygen atoms in total. The first-order chi connectivity index (χ1) is 7.93. The van der Waals surface area contributed by atoms with Gasteiger partial charge in [0.25, 0.3) is 0 Å². The largest absolute Gasteiger partial charge is 0.502 e. The molecular formula is C13H17BF2O. The second kappa shape index (κ2) is 5.85. The number of halogens is 2. The number of allylic oxidation sites excluding steroid dienone is 1. The van der Waals surface area contributed by atoms with Gasteiger partial charge in [0.05, 0.1) is 12.9 Å². The molecule has 1 atom stereocenters. The number of rotatable bonds is 5. The Balaban J connectivity index is 2.74. The fourth-order valence-electron chi connectivity index (χ4n) is 1.76. The topological polar surface area (TPSA) is 9.23 Å². The van der Waals surface area contributed by atoms with Gasteiger partial charge in [-0.2, -0.15) is 0 Å². The molecule has 0 N–H and O–H groups in total. The molecule has 0 saturated heterocycles. The van der Waals surface area contributed by atoms with Crippen molar-refractivity contribution in [2.24, 2.45) is 0 Å². The Morgan fingerprint density at radius 2 is 2.06 bits per heavy atom. The molecule has 0 heterocycles. The van der Waals surface area contributed by atoms with E-state index in [1.165, 1.54) is 12.1 Å². The summed E-state index contributed by atoms with van der Waals surface area (Å²) in [6, 6.07) is 2.51. The predicted octanol–water partition coefficient (Wildman–Crippen LogP) is 2.79. The first kappa shape index (κ1) is 13.7. The fourth-order valence-corrected chi connectivity index (χ4v) is 1.76. The summed E-state index contributed by atoms with van der Waals surface area (Å²) >= 11 is 0. The first-order valence-corrected chi connectivity index (χ1v) is 5.60. The highest BCUT2D eigenvalue weighted by Crippen LogP contribution is 2.22. The third-order valence-electron chi connectivity index (χ3n) is 2.76. The third kappa shape index (κ3) is 3.88. The van der Waals surface area contributed by atoms with Gasteiger partial charge in [0, 0.05) is 6.42 Å². The number of benzene rings is 1. The van der Waals surface area contributed by atoms with Crippen molar-refractivity contribution >= 4 is 7.85 Å². The molecule has 0 bridgehead atoms. The Morgan fingerprint density at radius 1 is 1.41 bits per heavy atom. The van der Waals surface area contributed by atoms with Crippen molar-refractivity contribution in [3.63, 3.8) is 0 Å². The second-order valence-electron chi connectivity index (χ2n) is 4.45. The third-order valence-corrected chi connectivity index (χ3v) is 2.76. The smallest absolute Gasteiger partial charge is 0.126 e. The van der Waals surface area contributed by atoms with Gasteiger partial charge in [0.15, 0.2) is 0 Å². The Labute approximate surface area is 102 Å². The molecular weight excluding hydrogens is 221 g/mol. The first-order valence-electron chi connectivity index (χ1n) is 5.60. The number of methoxy groups -OCH3 is 1. The van der Waals surface area contributed by atoms with Gasteiger partial charge in [0.1, 0.15) is 19.5 Å². The molecule has 0 amide bonds. The molecule has 0 aromatic heterocycles. The monoisotopic (exact) mass is 238 g/mol. The number of aryl methyl sites for hydroxylation is 1. The van der Waals surface area contributed by atoms with Crippen LogP contribution in [0.4, 0.5) is 8.78 Å². The summed E-state index contributed by atoms with van der Waals surface area (Å²) in [5.74, 6) is 0.113. The van der Waals surface area contributed by atoms with E-state index in [1.807, 2.05) is 7.85 Å². The van der Waals surface area contributed by atoms with Gasteiger partial charge >= 0.3 is 0 Å². The minimum Gasteiger partial charge on any atom is -0.502 e. The standard InChI is InChI=1S/C13H17BF2O/c1-8-4-13(16)10(7-12(8)15)6-11(14)5-9(2)17-3/h4,7,11H,2,5-6,14H2,1,3H3. The van der Waals surface area contributed by atoms with Crippen LogP contribution in [0.15, 0.2) is 24.5 Å². The van der Waals surface area contributed by atoms with Crippen LogP contribution in [-0.4, -0.2) is 15.0 Å². The molecule has 0 aliphatic carbocycles. The predicted molar refractivity (Wildman–Crippen MR) is 67.9 cm³/mol. The van der Waals surface area contributed by atoms with Crippen molar-refractivity contribution in [3.05, 3.63) is 47.2 Å². The van der Waals surface area contributed by atoms with Crippen molar-refractivity contribution in [3.8, 4) is 0 Å². The quantitative estimate of drug-likeness (QED) is 0.566. The maximum Gasteiger partial charge on any atom is 0.126 e. The number of hydrogen-bond donors (Lipinski definition) is 0. The van der Waals surface area contributed by atoms with E-state index >= 15 is 0 Å². The molecule has 0 aliphatic heterocycles. The molecule has 92 valence electrons. The molecule has 1 rings (SSSR count). The summed E-state index contributed by atoms with van der Waals surface area (Å²) in [7, 11) is 3.52. The highest BCUT2D eigenvalue weighted by molar-refractivity contribution is 6.11. The number of ether oxygens (including phenoxy) is 1. The molecule has 1 aromatic carbocycles. The molecule has 1 aromatic rings. The zero-order valence-electron chi connectivity index (χ0n) is 10.5. The molecule has 0 spiro atoms. The van der Waals surface area contributed by atoms with Gasteiger partial charge in [-0.15, -0.1) is 0 Å². The lowest BCUT2D eigenvalue weighted by Crippen LogP contribution is -2.03. The van der Waals surface area contributed by atoms with Gasteiger partial charge in [-0.25, -0.2) is 8.78 Å². The molecule has 1 unspecified atom stereocenters. The summed E-state index contributed by atoms with van der Waals surface area (Å²) in [4.78, 5) is 0. The van der Waals surface area contributed by atoms with Crippen LogP contribution in [0.25, 0.3) is 0 Å². The molecule has 0 saturated carbocycles. The highest BCUT2D eigenvalue weighted by atomic mass is 19.1. The Morgan fingerprint density at radius 3 is 2.65 bits per heavy atom. The lowest BCUT2D eigenvalue weighted by atomic mass is 9.79. The summed E-state index contributed by atoms with van der Waals surface area (Å²) in [6.45, 7) is 5.27. The SMILES string of the molecule is BC(CC(=C)OC)Cc1cc(F)c(C)cc1F. The van der Waals surface area contributed by atoms with Crippen LogP contribution in [0.1, 0.15) is 17.5 Å². The Hall–Kier alpha value is -1.32. The van der Waals surface area contributed by atoms with Crippen molar-refractivity contribution in [1.29, 1.82) is 0 Å². The molecule has 0 radical (unpaired) electrons. The average molecular weight is 238 g/mol. The van der Waals surface area contributed by atoms with E-state index in [4.69, 9.17) is 4.74 Å². The van der Waals surface area contributed by atoms with E-state index in [1.54, 1.807) is 14.0 Å². The van der Waals surface area contributed by atoms with Crippen LogP contribution in [0.3, 0.4) is 0 Å². The van der Waals surface area contributed by atoms with E-state index in [-0.39, 0.29) is 17.5 Å². The van der Waals surface area contributed by atoms with Gasteiger partial charge in [-0.05, 0) is 36.6 Å². The number of hydrogen-bond acceptors (Lipinski definition) is 1. The average Bonchev–Trinajstić information content (AvgIpc) is 2.25. The molecule has 0 aliphatic rings.